The molecule has 1 aromatic heterocycles. The van der Waals surface area contributed by atoms with Gasteiger partial charge >= 0.3 is 6.03 Å². The molecule has 0 saturated heterocycles. The minimum atomic E-state index is -0.195. The first-order valence-corrected chi connectivity index (χ1v) is 10.2. The monoisotopic (exact) mass is 389 g/mol. The third kappa shape index (κ3) is 5.23. The van der Waals surface area contributed by atoms with Gasteiger partial charge in [-0.15, -0.1) is 0 Å². The Kier molecular flexibility index (Phi) is 6.22. The van der Waals surface area contributed by atoms with Crippen molar-refractivity contribution < 1.29 is 4.79 Å². The number of H-pyrrole nitrogens is 1. The maximum atomic E-state index is 12.2. The van der Waals surface area contributed by atoms with E-state index in [-0.39, 0.29) is 6.03 Å². The van der Waals surface area contributed by atoms with E-state index in [0.717, 1.165) is 50.2 Å². The van der Waals surface area contributed by atoms with Crippen molar-refractivity contribution in [3.8, 4) is 0 Å². The zero-order valence-corrected chi connectivity index (χ0v) is 16.5. The van der Waals surface area contributed by atoms with Crippen LogP contribution in [-0.2, 0) is 25.9 Å². The van der Waals surface area contributed by atoms with Crippen LogP contribution in [0.1, 0.15) is 28.8 Å². The fourth-order valence-electron chi connectivity index (χ4n) is 3.74. The van der Waals surface area contributed by atoms with Crippen molar-refractivity contribution in [3.05, 3.63) is 83.0 Å². The molecule has 1 aliphatic heterocycles. The summed E-state index contributed by atoms with van der Waals surface area (Å²) in [7, 11) is 0. The largest absolute Gasteiger partial charge is 0.338 e. The van der Waals surface area contributed by atoms with Crippen LogP contribution in [0.5, 0.6) is 0 Å². The molecule has 2 aromatic carbocycles. The first-order valence-electron chi connectivity index (χ1n) is 10.2. The van der Waals surface area contributed by atoms with Gasteiger partial charge in [0.05, 0.1) is 5.69 Å². The SMILES string of the molecule is O=C(NCCCc1ccccc1)Nc1n[nH]c2c1CCN(Cc1ccccc1)C2. The molecule has 150 valence electrons. The number of anilines is 1. The minimum absolute atomic E-state index is 0.195. The normalized spacial score (nSPS) is 13.7. The lowest BCUT2D eigenvalue weighted by molar-refractivity contribution is 0.242. The third-order valence-corrected chi connectivity index (χ3v) is 5.26. The molecule has 2 heterocycles. The number of benzene rings is 2. The topological polar surface area (TPSA) is 73.0 Å². The molecule has 0 unspecified atom stereocenters. The van der Waals surface area contributed by atoms with Gasteiger partial charge in [0, 0.05) is 31.7 Å². The Labute approximate surface area is 171 Å². The summed E-state index contributed by atoms with van der Waals surface area (Å²) < 4.78 is 0. The van der Waals surface area contributed by atoms with Gasteiger partial charge in [-0.25, -0.2) is 4.79 Å². The Bertz CT molecular complexity index is 923. The Morgan fingerprint density at radius 2 is 1.76 bits per heavy atom. The van der Waals surface area contributed by atoms with E-state index >= 15 is 0 Å². The number of hydrogen-bond acceptors (Lipinski definition) is 3. The number of carbonyl (C=O) groups is 1. The summed E-state index contributed by atoms with van der Waals surface area (Å²) in [5.74, 6) is 0.653. The van der Waals surface area contributed by atoms with E-state index in [1.165, 1.54) is 11.1 Å². The lowest BCUT2D eigenvalue weighted by Crippen LogP contribution is -2.32. The van der Waals surface area contributed by atoms with Crippen molar-refractivity contribution in [2.24, 2.45) is 0 Å². The number of amides is 2. The molecule has 0 fully saturated rings. The molecule has 6 nitrogen and oxygen atoms in total. The van der Waals surface area contributed by atoms with Gasteiger partial charge in [-0.3, -0.25) is 15.3 Å². The molecule has 0 aliphatic carbocycles. The molecular formula is C23H27N5O. The van der Waals surface area contributed by atoms with Gasteiger partial charge in [-0.1, -0.05) is 60.7 Å². The van der Waals surface area contributed by atoms with Crippen LogP contribution < -0.4 is 10.6 Å². The van der Waals surface area contributed by atoms with Crippen LogP contribution >= 0.6 is 0 Å². The molecule has 0 radical (unpaired) electrons. The second kappa shape index (κ2) is 9.39. The van der Waals surface area contributed by atoms with Crippen LogP contribution in [0.3, 0.4) is 0 Å². The minimum Gasteiger partial charge on any atom is -0.338 e. The summed E-state index contributed by atoms with van der Waals surface area (Å²) in [5, 5.41) is 13.3. The summed E-state index contributed by atoms with van der Waals surface area (Å²) in [6.07, 6.45) is 2.74. The number of carbonyl (C=O) groups excluding carboxylic acids is 1. The van der Waals surface area contributed by atoms with Crippen molar-refractivity contribution in [1.29, 1.82) is 0 Å². The molecule has 4 rings (SSSR count). The van der Waals surface area contributed by atoms with Crippen molar-refractivity contribution in [2.45, 2.75) is 32.4 Å². The third-order valence-electron chi connectivity index (χ3n) is 5.26. The van der Waals surface area contributed by atoms with E-state index in [0.29, 0.717) is 12.4 Å². The second-order valence-electron chi connectivity index (χ2n) is 7.45. The molecule has 0 saturated carbocycles. The Morgan fingerprint density at radius 1 is 1.03 bits per heavy atom. The molecule has 6 heteroatoms. The quantitative estimate of drug-likeness (QED) is 0.539. The van der Waals surface area contributed by atoms with Crippen LogP contribution in [0.2, 0.25) is 0 Å². The predicted octanol–water partition coefficient (Wildman–Crippen LogP) is 3.72. The van der Waals surface area contributed by atoms with E-state index in [1.807, 2.05) is 24.3 Å². The molecule has 1 aliphatic rings. The number of rotatable bonds is 7. The summed E-state index contributed by atoms with van der Waals surface area (Å²) >= 11 is 0. The fraction of sp³-hybridized carbons (Fsp3) is 0.304. The van der Waals surface area contributed by atoms with Crippen molar-refractivity contribution in [2.75, 3.05) is 18.4 Å². The molecule has 3 N–H and O–H groups in total. The van der Waals surface area contributed by atoms with Gasteiger partial charge in [-0.05, 0) is 30.4 Å². The van der Waals surface area contributed by atoms with Gasteiger partial charge < -0.3 is 5.32 Å². The van der Waals surface area contributed by atoms with E-state index < -0.39 is 0 Å². The maximum Gasteiger partial charge on any atom is 0.320 e. The number of aromatic amines is 1. The summed E-state index contributed by atoms with van der Waals surface area (Å²) in [4.78, 5) is 14.6. The van der Waals surface area contributed by atoms with Crippen molar-refractivity contribution in [1.82, 2.24) is 20.4 Å². The van der Waals surface area contributed by atoms with E-state index in [9.17, 15) is 4.79 Å². The van der Waals surface area contributed by atoms with Gasteiger partial charge in [0.1, 0.15) is 0 Å². The average Bonchev–Trinajstić information content (AvgIpc) is 3.14. The first kappa shape index (κ1) is 19.2. The highest BCUT2D eigenvalue weighted by Crippen LogP contribution is 2.24. The molecule has 0 atom stereocenters. The highest BCUT2D eigenvalue weighted by Gasteiger charge is 2.22. The van der Waals surface area contributed by atoms with Crippen molar-refractivity contribution >= 4 is 11.8 Å². The predicted molar refractivity (Wildman–Crippen MR) is 115 cm³/mol. The number of aryl methyl sites for hydroxylation is 1. The number of urea groups is 1. The Morgan fingerprint density at radius 3 is 2.52 bits per heavy atom. The van der Waals surface area contributed by atoms with E-state index in [4.69, 9.17) is 0 Å². The standard InChI is InChI=1S/C23H27N5O/c29-23(24-14-7-12-18-8-3-1-4-9-18)25-22-20-13-15-28(17-21(20)26-27-22)16-19-10-5-2-6-11-19/h1-6,8-11H,7,12-17H2,(H3,24,25,26,27,29). The second-order valence-corrected chi connectivity index (χ2v) is 7.45. The molecule has 2 amide bonds. The number of nitrogens with one attached hydrogen (secondary N) is 3. The molecule has 29 heavy (non-hydrogen) atoms. The van der Waals surface area contributed by atoms with E-state index in [1.54, 1.807) is 0 Å². The summed E-state index contributed by atoms with van der Waals surface area (Å²) in [5.41, 5.74) is 4.81. The van der Waals surface area contributed by atoms with Crippen LogP contribution in [0.15, 0.2) is 60.7 Å². The highest BCUT2D eigenvalue weighted by atomic mass is 16.2. The van der Waals surface area contributed by atoms with Gasteiger partial charge in [0.25, 0.3) is 0 Å². The smallest absolute Gasteiger partial charge is 0.320 e. The summed E-state index contributed by atoms with van der Waals surface area (Å²) in [6, 6.07) is 20.6. The number of aromatic nitrogens is 2. The number of nitrogens with zero attached hydrogens (tertiary/aromatic N) is 2. The molecule has 0 bridgehead atoms. The number of hydrogen-bond donors (Lipinski definition) is 3. The zero-order chi connectivity index (χ0) is 19.9. The molecular weight excluding hydrogens is 362 g/mol. The first-order chi connectivity index (χ1) is 14.3. The zero-order valence-electron chi connectivity index (χ0n) is 16.5. The van der Waals surface area contributed by atoms with Crippen LogP contribution in [0.25, 0.3) is 0 Å². The van der Waals surface area contributed by atoms with Gasteiger partial charge in [-0.2, -0.15) is 5.10 Å². The lowest BCUT2D eigenvalue weighted by atomic mass is 10.1. The average molecular weight is 390 g/mol. The van der Waals surface area contributed by atoms with Crippen LogP contribution in [0, 0.1) is 0 Å². The van der Waals surface area contributed by atoms with Gasteiger partial charge in [0.15, 0.2) is 5.82 Å². The van der Waals surface area contributed by atoms with E-state index in [2.05, 4.69) is 62.1 Å². The molecule has 3 aromatic rings. The lowest BCUT2D eigenvalue weighted by Gasteiger charge is -2.26. The molecule has 0 spiro atoms. The maximum absolute atomic E-state index is 12.2. The highest BCUT2D eigenvalue weighted by molar-refractivity contribution is 5.89. The Balaban J connectivity index is 1.24. The Hall–Kier alpha value is -3.12. The van der Waals surface area contributed by atoms with Crippen LogP contribution in [-0.4, -0.2) is 34.2 Å². The van der Waals surface area contributed by atoms with Crippen LogP contribution in [0.4, 0.5) is 10.6 Å². The summed E-state index contributed by atoms with van der Waals surface area (Å²) in [6.45, 7) is 3.33. The van der Waals surface area contributed by atoms with Crippen molar-refractivity contribution in [3.63, 3.8) is 0 Å². The fourth-order valence-corrected chi connectivity index (χ4v) is 3.74. The number of fused-ring (bicyclic) bond motifs is 1. The van der Waals surface area contributed by atoms with Gasteiger partial charge in [0.2, 0.25) is 0 Å².